The van der Waals surface area contributed by atoms with Crippen molar-refractivity contribution in [1.82, 2.24) is 4.90 Å². The van der Waals surface area contributed by atoms with Crippen LogP contribution in [0.25, 0.3) is 6.08 Å². The SMILES string of the molecule is COc1ccc(Br)cc1/C=C1/SC(=O)N(CC(=O)Nc2ccccc2)C1=O. The fourth-order valence-corrected chi connectivity index (χ4v) is 3.67. The molecule has 0 aliphatic carbocycles. The van der Waals surface area contributed by atoms with E-state index in [1.165, 1.54) is 7.11 Å². The molecule has 1 fully saturated rings. The molecular weight excluding hydrogens is 432 g/mol. The van der Waals surface area contributed by atoms with Gasteiger partial charge in [-0.1, -0.05) is 34.1 Å². The van der Waals surface area contributed by atoms with E-state index in [0.29, 0.717) is 17.0 Å². The lowest BCUT2D eigenvalue weighted by molar-refractivity contribution is -0.127. The molecular formula is C19H15BrN2O4S. The fraction of sp³-hybridized carbons (Fsp3) is 0.105. The summed E-state index contributed by atoms with van der Waals surface area (Å²) in [7, 11) is 1.53. The molecule has 1 heterocycles. The van der Waals surface area contributed by atoms with Crippen molar-refractivity contribution in [2.75, 3.05) is 19.0 Å². The van der Waals surface area contributed by atoms with Gasteiger partial charge >= 0.3 is 0 Å². The average Bonchev–Trinajstić information content (AvgIpc) is 2.90. The highest BCUT2D eigenvalue weighted by Crippen LogP contribution is 2.34. The number of amides is 3. The molecule has 0 aromatic heterocycles. The third kappa shape index (κ3) is 4.58. The molecule has 138 valence electrons. The van der Waals surface area contributed by atoms with Crippen LogP contribution in [0.2, 0.25) is 0 Å². The van der Waals surface area contributed by atoms with Crippen molar-refractivity contribution in [3.63, 3.8) is 0 Å². The summed E-state index contributed by atoms with van der Waals surface area (Å²) >= 11 is 4.17. The number of rotatable bonds is 5. The van der Waals surface area contributed by atoms with Gasteiger partial charge in [0, 0.05) is 15.7 Å². The number of methoxy groups -OCH3 is 1. The van der Waals surface area contributed by atoms with E-state index in [1.807, 2.05) is 12.1 Å². The molecule has 1 N–H and O–H groups in total. The van der Waals surface area contributed by atoms with Gasteiger partial charge in [0.25, 0.3) is 11.1 Å². The first-order valence-electron chi connectivity index (χ1n) is 7.92. The maximum Gasteiger partial charge on any atom is 0.294 e. The molecule has 0 atom stereocenters. The molecule has 6 nitrogen and oxygen atoms in total. The van der Waals surface area contributed by atoms with Crippen molar-refractivity contribution >= 4 is 56.5 Å². The lowest BCUT2D eigenvalue weighted by Crippen LogP contribution is -2.36. The number of thioether (sulfide) groups is 1. The Balaban J connectivity index is 1.75. The Morgan fingerprint density at radius 3 is 2.67 bits per heavy atom. The van der Waals surface area contributed by atoms with E-state index in [-0.39, 0.29) is 11.4 Å². The molecule has 3 rings (SSSR count). The van der Waals surface area contributed by atoms with Crippen molar-refractivity contribution in [2.45, 2.75) is 0 Å². The molecule has 2 aromatic carbocycles. The highest BCUT2D eigenvalue weighted by Gasteiger charge is 2.36. The van der Waals surface area contributed by atoms with Gasteiger partial charge in [-0.2, -0.15) is 0 Å². The summed E-state index contributed by atoms with van der Waals surface area (Å²) in [5, 5.41) is 2.18. The van der Waals surface area contributed by atoms with Gasteiger partial charge in [0.2, 0.25) is 5.91 Å². The Morgan fingerprint density at radius 1 is 1.22 bits per heavy atom. The van der Waals surface area contributed by atoms with Crippen molar-refractivity contribution in [1.29, 1.82) is 0 Å². The minimum Gasteiger partial charge on any atom is -0.496 e. The van der Waals surface area contributed by atoms with E-state index < -0.39 is 17.1 Å². The number of imide groups is 1. The van der Waals surface area contributed by atoms with Crippen LogP contribution in [0.1, 0.15) is 5.56 Å². The highest BCUT2D eigenvalue weighted by molar-refractivity contribution is 9.10. The summed E-state index contributed by atoms with van der Waals surface area (Å²) in [5.41, 5.74) is 1.26. The van der Waals surface area contributed by atoms with E-state index in [9.17, 15) is 14.4 Å². The Labute approximate surface area is 168 Å². The van der Waals surface area contributed by atoms with Gasteiger partial charge in [-0.3, -0.25) is 19.3 Å². The number of nitrogens with zero attached hydrogens (tertiary/aromatic N) is 1. The predicted molar refractivity (Wildman–Crippen MR) is 108 cm³/mol. The van der Waals surface area contributed by atoms with E-state index in [1.54, 1.807) is 42.5 Å². The Morgan fingerprint density at radius 2 is 1.96 bits per heavy atom. The molecule has 2 aromatic rings. The second-order valence-electron chi connectivity index (χ2n) is 5.57. The number of para-hydroxylation sites is 1. The quantitative estimate of drug-likeness (QED) is 0.698. The Hall–Kier alpha value is -2.58. The van der Waals surface area contributed by atoms with Gasteiger partial charge in [0.05, 0.1) is 12.0 Å². The molecule has 0 spiro atoms. The number of carbonyl (C=O) groups is 3. The second kappa shape index (κ2) is 8.41. The fourth-order valence-electron chi connectivity index (χ4n) is 2.46. The van der Waals surface area contributed by atoms with E-state index in [4.69, 9.17) is 4.74 Å². The average molecular weight is 447 g/mol. The summed E-state index contributed by atoms with van der Waals surface area (Å²) in [4.78, 5) is 38.1. The van der Waals surface area contributed by atoms with E-state index >= 15 is 0 Å². The van der Waals surface area contributed by atoms with Crippen LogP contribution in [0.4, 0.5) is 10.5 Å². The monoisotopic (exact) mass is 446 g/mol. The van der Waals surface area contributed by atoms with Crippen LogP contribution >= 0.6 is 27.7 Å². The number of anilines is 1. The first-order chi connectivity index (χ1) is 13.0. The Kier molecular flexibility index (Phi) is 5.98. The van der Waals surface area contributed by atoms with E-state index in [2.05, 4.69) is 21.2 Å². The first kappa shape index (κ1) is 19.2. The smallest absolute Gasteiger partial charge is 0.294 e. The highest BCUT2D eigenvalue weighted by atomic mass is 79.9. The summed E-state index contributed by atoms with van der Waals surface area (Å²) in [5.74, 6) is -0.369. The third-order valence-electron chi connectivity index (χ3n) is 3.71. The van der Waals surface area contributed by atoms with Gasteiger partial charge in [-0.15, -0.1) is 0 Å². The molecule has 27 heavy (non-hydrogen) atoms. The van der Waals surface area contributed by atoms with Gasteiger partial charge in [-0.25, -0.2) is 0 Å². The number of ether oxygens (including phenoxy) is 1. The minimum atomic E-state index is -0.504. The van der Waals surface area contributed by atoms with Gasteiger partial charge < -0.3 is 10.1 Å². The van der Waals surface area contributed by atoms with Gasteiger partial charge in [0.1, 0.15) is 12.3 Å². The molecule has 0 bridgehead atoms. The largest absolute Gasteiger partial charge is 0.496 e. The summed E-state index contributed by atoms with van der Waals surface area (Å²) in [6, 6.07) is 14.2. The lowest BCUT2D eigenvalue weighted by atomic mass is 10.2. The molecule has 0 unspecified atom stereocenters. The number of hydrogen-bond donors (Lipinski definition) is 1. The van der Waals surface area contributed by atoms with E-state index in [0.717, 1.165) is 21.1 Å². The van der Waals surface area contributed by atoms with Gasteiger partial charge in [0.15, 0.2) is 0 Å². The predicted octanol–water partition coefficient (Wildman–Crippen LogP) is 4.13. The van der Waals surface area contributed by atoms with Crippen molar-refractivity contribution in [3.8, 4) is 5.75 Å². The maximum absolute atomic E-state index is 12.6. The first-order valence-corrected chi connectivity index (χ1v) is 9.52. The van der Waals surface area contributed by atoms with Crippen LogP contribution in [0.5, 0.6) is 5.75 Å². The topological polar surface area (TPSA) is 75.7 Å². The van der Waals surface area contributed by atoms with Crippen molar-refractivity contribution in [3.05, 3.63) is 63.5 Å². The molecule has 8 heteroatoms. The van der Waals surface area contributed by atoms with Crippen LogP contribution in [0.15, 0.2) is 57.9 Å². The third-order valence-corrected chi connectivity index (χ3v) is 5.11. The Bertz CT molecular complexity index is 931. The molecule has 1 saturated heterocycles. The normalized spacial score (nSPS) is 15.3. The van der Waals surface area contributed by atoms with Crippen molar-refractivity contribution in [2.24, 2.45) is 0 Å². The van der Waals surface area contributed by atoms with Crippen molar-refractivity contribution < 1.29 is 19.1 Å². The molecule has 0 radical (unpaired) electrons. The standard InChI is InChI=1S/C19H15BrN2O4S/c1-26-15-8-7-13(20)9-12(15)10-16-18(24)22(19(25)27-16)11-17(23)21-14-5-3-2-4-6-14/h2-10H,11H2,1H3,(H,21,23)/b16-10+. The molecule has 3 amide bonds. The lowest BCUT2D eigenvalue weighted by Gasteiger charge is -2.12. The number of benzene rings is 2. The zero-order valence-electron chi connectivity index (χ0n) is 14.3. The number of halogens is 1. The van der Waals surface area contributed by atoms with Crippen LogP contribution < -0.4 is 10.1 Å². The van der Waals surface area contributed by atoms with Crippen LogP contribution in [0.3, 0.4) is 0 Å². The minimum absolute atomic E-state index is 0.240. The molecule has 1 aliphatic rings. The number of nitrogens with one attached hydrogen (secondary N) is 1. The number of hydrogen-bond acceptors (Lipinski definition) is 5. The van der Waals surface area contributed by atoms with Crippen LogP contribution in [-0.4, -0.2) is 35.6 Å². The zero-order valence-corrected chi connectivity index (χ0v) is 16.7. The number of carbonyl (C=O) groups excluding carboxylic acids is 3. The molecule has 0 saturated carbocycles. The second-order valence-corrected chi connectivity index (χ2v) is 7.48. The summed E-state index contributed by atoms with van der Waals surface area (Å²) < 4.78 is 6.10. The van der Waals surface area contributed by atoms with Crippen LogP contribution in [0, 0.1) is 0 Å². The summed E-state index contributed by atoms with van der Waals surface area (Å²) in [6.45, 7) is -0.341. The van der Waals surface area contributed by atoms with Gasteiger partial charge in [-0.05, 0) is 48.2 Å². The zero-order chi connectivity index (χ0) is 19.4. The molecule has 1 aliphatic heterocycles. The maximum atomic E-state index is 12.6. The summed E-state index contributed by atoms with van der Waals surface area (Å²) in [6.07, 6.45) is 1.59. The van der Waals surface area contributed by atoms with Crippen LogP contribution in [-0.2, 0) is 9.59 Å².